The lowest BCUT2D eigenvalue weighted by molar-refractivity contribution is 0.623. The van der Waals surface area contributed by atoms with Gasteiger partial charge in [0, 0.05) is 11.8 Å². The van der Waals surface area contributed by atoms with Crippen molar-refractivity contribution in [3.63, 3.8) is 0 Å². The fourth-order valence-electron chi connectivity index (χ4n) is 1.26. The van der Waals surface area contributed by atoms with Crippen LogP contribution in [0.4, 0.5) is 4.39 Å². The lowest BCUT2D eigenvalue weighted by atomic mass is 10.1. The molecule has 1 aromatic rings. The summed E-state index contributed by atoms with van der Waals surface area (Å²) in [4.78, 5) is 0. The Hall–Kier alpha value is -0.250. The smallest absolute Gasteiger partial charge is 0.142 e. The second-order valence-corrected chi connectivity index (χ2v) is 4.42. The van der Waals surface area contributed by atoms with Gasteiger partial charge in [-0.1, -0.05) is 23.7 Å². The molecule has 0 saturated carbocycles. The van der Waals surface area contributed by atoms with Crippen LogP contribution < -0.4 is 5.73 Å². The largest absolute Gasteiger partial charge is 0.327 e. The molecule has 0 saturated heterocycles. The fraction of sp³-hybridized carbons (Fsp3) is 0.400. The average Bonchev–Trinajstić information content (AvgIpc) is 2.13. The Morgan fingerprint density at radius 2 is 2.29 bits per heavy atom. The molecule has 1 nitrogen and oxygen atoms in total. The number of hydrogen-bond donors (Lipinski definition) is 1. The summed E-state index contributed by atoms with van der Waals surface area (Å²) >= 11 is 7.48. The molecule has 0 heterocycles. The predicted octanol–water partition coefficient (Wildman–Crippen LogP) is 2.71. The van der Waals surface area contributed by atoms with Crippen LogP contribution in [-0.4, -0.2) is 18.1 Å². The van der Waals surface area contributed by atoms with Crippen molar-refractivity contribution in [2.24, 2.45) is 5.73 Å². The Kier molecular flexibility index (Phi) is 4.72. The van der Waals surface area contributed by atoms with Crippen molar-refractivity contribution in [2.75, 3.05) is 12.0 Å². The molecule has 0 bridgehead atoms. The first-order valence-electron chi connectivity index (χ1n) is 4.32. The molecule has 0 amide bonds. The number of hydrogen-bond acceptors (Lipinski definition) is 2. The molecule has 14 heavy (non-hydrogen) atoms. The van der Waals surface area contributed by atoms with Crippen molar-refractivity contribution in [3.8, 4) is 0 Å². The SMILES string of the molecule is CSCC(N)Cc1cccc(F)c1Cl. The molecule has 0 aromatic heterocycles. The van der Waals surface area contributed by atoms with Crippen LogP contribution in [-0.2, 0) is 6.42 Å². The molecule has 0 aliphatic rings. The van der Waals surface area contributed by atoms with Crippen LogP contribution in [0.1, 0.15) is 5.56 Å². The van der Waals surface area contributed by atoms with E-state index < -0.39 is 0 Å². The molecular formula is C10H13ClFNS. The molecule has 0 aliphatic heterocycles. The first-order chi connectivity index (χ1) is 6.65. The highest BCUT2D eigenvalue weighted by Gasteiger charge is 2.09. The van der Waals surface area contributed by atoms with E-state index in [2.05, 4.69) is 0 Å². The van der Waals surface area contributed by atoms with E-state index in [1.54, 1.807) is 17.8 Å². The molecule has 1 aromatic carbocycles. The molecule has 1 rings (SSSR count). The highest BCUT2D eigenvalue weighted by molar-refractivity contribution is 7.98. The predicted molar refractivity (Wildman–Crippen MR) is 61.5 cm³/mol. The Labute approximate surface area is 92.8 Å². The Balaban J connectivity index is 2.71. The Morgan fingerprint density at radius 3 is 2.93 bits per heavy atom. The van der Waals surface area contributed by atoms with Crippen LogP contribution in [0.3, 0.4) is 0 Å². The first kappa shape index (κ1) is 11.8. The van der Waals surface area contributed by atoms with Gasteiger partial charge in [0.1, 0.15) is 5.82 Å². The summed E-state index contributed by atoms with van der Waals surface area (Å²) in [6.45, 7) is 0. The molecule has 1 atom stereocenters. The van der Waals surface area contributed by atoms with E-state index in [0.29, 0.717) is 6.42 Å². The molecule has 1 unspecified atom stereocenters. The van der Waals surface area contributed by atoms with E-state index in [-0.39, 0.29) is 16.9 Å². The molecule has 78 valence electrons. The summed E-state index contributed by atoms with van der Waals surface area (Å²) in [6.07, 6.45) is 2.62. The average molecular weight is 234 g/mol. The molecular weight excluding hydrogens is 221 g/mol. The summed E-state index contributed by atoms with van der Waals surface area (Å²) < 4.78 is 13.0. The standard InChI is InChI=1S/C10H13ClFNS/c1-14-6-8(13)5-7-3-2-4-9(12)10(7)11/h2-4,8H,5-6,13H2,1H3. The molecule has 0 spiro atoms. The third-order valence-corrected chi connectivity index (χ3v) is 3.08. The summed E-state index contributed by atoms with van der Waals surface area (Å²) in [5, 5.41) is 0.198. The minimum Gasteiger partial charge on any atom is -0.327 e. The zero-order valence-corrected chi connectivity index (χ0v) is 9.54. The van der Waals surface area contributed by atoms with Crippen molar-refractivity contribution >= 4 is 23.4 Å². The van der Waals surface area contributed by atoms with Crippen molar-refractivity contribution in [3.05, 3.63) is 34.6 Å². The van der Waals surface area contributed by atoms with Crippen molar-refractivity contribution < 1.29 is 4.39 Å². The van der Waals surface area contributed by atoms with Gasteiger partial charge in [-0.2, -0.15) is 11.8 Å². The van der Waals surface area contributed by atoms with E-state index in [9.17, 15) is 4.39 Å². The third-order valence-electron chi connectivity index (χ3n) is 1.89. The maximum Gasteiger partial charge on any atom is 0.142 e. The van der Waals surface area contributed by atoms with E-state index in [4.69, 9.17) is 17.3 Å². The van der Waals surface area contributed by atoms with Gasteiger partial charge in [0.15, 0.2) is 0 Å². The number of rotatable bonds is 4. The van der Waals surface area contributed by atoms with Gasteiger partial charge in [0.25, 0.3) is 0 Å². The molecule has 0 aliphatic carbocycles. The first-order valence-corrected chi connectivity index (χ1v) is 6.09. The lowest BCUT2D eigenvalue weighted by Crippen LogP contribution is -2.25. The van der Waals surface area contributed by atoms with Gasteiger partial charge in [-0.3, -0.25) is 0 Å². The molecule has 0 radical (unpaired) electrons. The molecule has 2 N–H and O–H groups in total. The van der Waals surface area contributed by atoms with Gasteiger partial charge in [-0.15, -0.1) is 0 Å². The summed E-state index contributed by atoms with van der Waals surface area (Å²) in [6, 6.07) is 4.85. The van der Waals surface area contributed by atoms with Gasteiger partial charge in [0.2, 0.25) is 0 Å². The van der Waals surface area contributed by atoms with Crippen LogP contribution >= 0.6 is 23.4 Å². The minimum atomic E-state index is -0.375. The normalized spacial score (nSPS) is 12.9. The maximum atomic E-state index is 13.0. The van der Waals surface area contributed by atoms with Crippen LogP contribution in [0.15, 0.2) is 18.2 Å². The van der Waals surface area contributed by atoms with Crippen LogP contribution in [0.2, 0.25) is 5.02 Å². The number of halogens is 2. The van der Waals surface area contributed by atoms with Crippen molar-refractivity contribution in [1.82, 2.24) is 0 Å². The van der Waals surface area contributed by atoms with Gasteiger partial charge >= 0.3 is 0 Å². The highest BCUT2D eigenvalue weighted by atomic mass is 35.5. The Bertz CT molecular complexity index is 306. The van der Waals surface area contributed by atoms with E-state index in [1.807, 2.05) is 12.3 Å². The van der Waals surface area contributed by atoms with Gasteiger partial charge in [-0.05, 0) is 24.3 Å². The summed E-state index contributed by atoms with van der Waals surface area (Å²) in [7, 11) is 0. The van der Waals surface area contributed by atoms with Crippen LogP contribution in [0.5, 0.6) is 0 Å². The van der Waals surface area contributed by atoms with Crippen molar-refractivity contribution in [1.29, 1.82) is 0 Å². The van der Waals surface area contributed by atoms with E-state index in [1.165, 1.54) is 6.07 Å². The Morgan fingerprint density at radius 1 is 1.57 bits per heavy atom. The van der Waals surface area contributed by atoms with Gasteiger partial charge in [-0.25, -0.2) is 4.39 Å². The van der Waals surface area contributed by atoms with Crippen molar-refractivity contribution in [2.45, 2.75) is 12.5 Å². The topological polar surface area (TPSA) is 26.0 Å². The summed E-state index contributed by atoms with van der Waals surface area (Å²) in [5.41, 5.74) is 6.62. The number of nitrogens with two attached hydrogens (primary N) is 1. The van der Waals surface area contributed by atoms with Gasteiger partial charge < -0.3 is 5.73 Å². The van der Waals surface area contributed by atoms with Crippen LogP contribution in [0, 0.1) is 5.82 Å². The van der Waals surface area contributed by atoms with E-state index in [0.717, 1.165) is 11.3 Å². The summed E-state index contributed by atoms with van der Waals surface area (Å²) in [5.74, 6) is 0.479. The van der Waals surface area contributed by atoms with E-state index >= 15 is 0 Å². The third kappa shape index (κ3) is 3.15. The molecule has 0 fully saturated rings. The zero-order chi connectivity index (χ0) is 10.6. The molecule has 4 heteroatoms. The quantitative estimate of drug-likeness (QED) is 0.866. The number of benzene rings is 1. The fourth-order valence-corrected chi connectivity index (χ4v) is 2.01. The zero-order valence-electron chi connectivity index (χ0n) is 7.97. The lowest BCUT2D eigenvalue weighted by Gasteiger charge is -2.11. The van der Waals surface area contributed by atoms with Gasteiger partial charge in [0.05, 0.1) is 5.02 Å². The highest BCUT2D eigenvalue weighted by Crippen LogP contribution is 2.20. The second-order valence-electron chi connectivity index (χ2n) is 3.13. The van der Waals surface area contributed by atoms with Crippen LogP contribution in [0.25, 0.3) is 0 Å². The monoisotopic (exact) mass is 233 g/mol. The number of thioether (sulfide) groups is 1. The minimum absolute atomic E-state index is 0.0318. The second kappa shape index (κ2) is 5.59. The maximum absolute atomic E-state index is 13.0.